The van der Waals surface area contributed by atoms with Crippen LogP contribution in [0.2, 0.25) is 0 Å². The first-order chi connectivity index (χ1) is 9.10. The van der Waals surface area contributed by atoms with Gasteiger partial charge in [0.05, 0.1) is 23.0 Å². The monoisotopic (exact) mass is 285 g/mol. The van der Waals surface area contributed by atoms with E-state index in [0.717, 1.165) is 12.1 Å². The minimum atomic E-state index is -0.945. The molecule has 4 nitrogen and oxygen atoms in total. The Hall–Kier alpha value is -1.69. The molecule has 0 spiro atoms. The van der Waals surface area contributed by atoms with Gasteiger partial charge in [0.1, 0.15) is 5.82 Å². The van der Waals surface area contributed by atoms with Gasteiger partial charge in [-0.2, -0.15) is 0 Å². The first-order valence-corrected chi connectivity index (χ1v) is 6.32. The van der Waals surface area contributed by atoms with Gasteiger partial charge in [0, 0.05) is 25.1 Å². The lowest BCUT2D eigenvalue weighted by atomic mass is 10.2. The predicted octanol–water partition coefficient (Wildman–Crippen LogP) is 2.11. The first-order valence-electron chi connectivity index (χ1n) is 5.78. The molecule has 1 unspecified atom stereocenters. The second kappa shape index (κ2) is 4.45. The molecule has 1 fully saturated rings. The number of benzene rings is 1. The van der Waals surface area contributed by atoms with Crippen LogP contribution in [0.15, 0.2) is 12.1 Å². The number of imidazole rings is 1. The van der Waals surface area contributed by atoms with E-state index < -0.39 is 11.6 Å². The summed E-state index contributed by atoms with van der Waals surface area (Å²) in [5.74, 6) is -1.34. The van der Waals surface area contributed by atoms with Gasteiger partial charge >= 0.3 is 0 Å². The van der Waals surface area contributed by atoms with Crippen molar-refractivity contribution >= 4 is 28.5 Å². The third-order valence-corrected chi connectivity index (χ3v) is 3.48. The number of halogens is 3. The minimum Gasteiger partial charge on any atom is -0.354 e. The molecule has 7 heteroatoms. The summed E-state index contributed by atoms with van der Waals surface area (Å²) in [6.45, 7) is 0.438. The molecule has 1 N–H and O–H groups in total. The molecule has 1 aliphatic heterocycles. The van der Waals surface area contributed by atoms with Crippen molar-refractivity contribution in [3.8, 4) is 0 Å². The molecule has 1 aliphatic rings. The van der Waals surface area contributed by atoms with Crippen molar-refractivity contribution in [3.05, 3.63) is 29.6 Å². The van der Waals surface area contributed by atoms with E-state index in [4.69, 9.17) is 11.6 Å². The van der Waals surface area contributed by atoms with Crippen LogP contribution in [0.3, 0.4) is 0 Å². The van der Waals surface area contributed by atoms with Crippen LogP contribution in [-0.2, 0) is 10.7 Å². The molecule has 3 rings (SSSR count). The van der Waals surface area contributed by atoms with Crippen LogP contribution in [0.4, 0.5) is 8.78 Å². The summed E-state index contributed by atoms with van der Waals surface area (Å²) >= 11 is 5.82. The SMILES string of the molecule is O=C1CC(n2c(CCl)nc3cc(F)c(F)cc32)CN1. The van der Waals surface area contributed by atoms with Gasteiger partial charge in [-0.05, 0) is 0 Å². The third kappa shape index (κ3) is 1.96. The lowest BCUT2D eigenvalue weighted by Crippen LogP contribution is -2.16. The summed E-state index contributed by atoms with van der Waals surface area (Å²) < 4.78 is 28.3. The van der Waals surface area contributed by atoms with Crippen molar-refractivity contribution in [1.29, 1.82) is 0 Å². The molecule has 1 aromatic heterocycles. The van der Waals surface area contributed by atoms with E-state index in [-0.39, 0.29) is 24.2 Å². The van der Waals surface area contributed by atoms with Crippen molar-refractivity contribution in [3.63, 3.8) is 0 Å². The van der Waals surface area contributed by atoms with Gasteiger partial charge < -0.3 is 9.88 Å². The second-order valence-electron chi connectivity index (χ2n) is 4.45. The summed E-state index contributed by atoms with van der Waals surface area (Å²) in [4.78, 5) is 15.5. The normalized spacial score (nSPS) is 19.1. The fourth-order valence-electron chi connectivity index (χ4n) is 2.41. The van der Waals surface area contributed by atoms with E-state index in [1.807, 2.05) is 0 Å². The van der Waals surface area contributed by atoms with Gasteiger partial charge in [0.2, 0.25) is 5.91 Å². The second-order valence-corrected chi connectivity index (χ2v) is 4.72. The Balaban J connectivity index is 2.20. The topological polar surface area (TPSA) is 46.9 Å². The maximum absolute atomic E-state index is 13.4. The van der Waals surface area contributed by atoms with E-state index in [9.17, 15) is 13.6 Å². The van der Waals surface area contributed by atoms with Gasteiger partial charge in [0.25, 0.3) is 0 Å². The maximum atomic E-state index is 13.4. The van der Waals surface area contributed by atoms with E-state index in [1.165, 1.54) is 0 Å². The van der Waals surface area contributed by atoms with Crippen LogP contribution in [0.1, 0.15) is 18.3 Å². The molecule has 2 aromatic rings. The molecule has 1 atom stereocenters. The minimum absolute atomic E-state index is 0.0741. The summed E-state index contributed by atoms with van der Waals surface area (Å²) in [6.07, 6.45) is 0.286. The number of carbonyl (C=O) groups is 1. The molecule has 2 heterocycles. The summed E-state index contributed by atoms with van der Waals surface area (Å²) in [5.41, 5.74) is 0.796. The van der Waals surface area contributed by atoms with Gasteiger partial charge in [-0.1, -0.05) is 0 Å². The van der Waals surface area contributed by atoms with Gasteiger partial charge in [0.15, 0.2) is 11.6 Å². The third-order valence-electron chi connectivity index (χ3n) is 3.25. The van der Waals surface area contributed by atoms with Gasteiger partial charge in [-0.3, -0.25) is 4.79 Å². The molecule has 100 valence electrons. The van der Waals surface area contributed by atoms with Crippen LogP contribution < -0.4 is 5.32 Å². The maximum Gasteiger partial charge on any atom is 0.222 e. The molecule has 0 radical (unpaired) electrons. The zero-order chi connectivity index (χ0) is 13.6. The van der Waals surface area contributed by atoms with Crippen molar-refractivity contribution in [2.75, 3.05) is 6.54 Å². The Kier molecular flexibility index (Phi) is 2.89. The van der Waals surface area contributed by atoms with Crippen molar-refractivity contribution in [1.82, 2.24) is 14.9 Å². The molecule has 0 bridgehead atoms. The number of fused-ring (bicyclic) bond motifs is 1. The molecule has 1 saturated heterocycles. The lowest BCUT2D eigenvalue weighted by molar-refractivity contribution is -0.119. The Bertz CT molecular complexity index is 671. The molecule has 19 heavy (non-hydrogen) atoms. The highest BCUT2D eigenvalue weighted by atomic mass is 35.5. The summed E-state index contributed by atoms with van der Waals surface area (Å²) in [5, 5.41) is 2.70. The Morgan fingerprint density at radius 3 is 2.79 bits per heavy atom. The number of hydrogen-bond donors (Lipinski definition) is 1. The summed E-state index contributed by atoms with van der Waals surface area (Å²) in [7, 11) is 0. The highest BCUT2D eigenvalue weighted by molar-refractivity contribution is 6.16. The highest BCUT2D eigenvalue weighted by Gasteiger charge is 2.27. The fourth-order valence-corrected chi connectivity index (χ4v) is 2.60. The molecule has 0 aliphatic carbocycles. The summed E-state index contributed by atoms with van der Waals surface area (Å²) in [6, 6.07) is 1.97. The molecular formula is C12H10ClF2N3O. The smallest absolute Gasteiger partial charge is 0.222 e. The first kappa shape index (κ1) is 12.3. The van der Waals surface area contributed by atoms with Crippen molar-refractivity contribution < 1.29 is 13.6 Å². The highest BCUT2D eigenvalue weighted by Crippen LogP contribution is 2.27. The number of nitrogens with one attached hydrogen (secondary N) is 1. The number of aromatic nitrogens is 2. The van der Waals surface area contributed by atoms with Gasteiger partial charge in [-0.25, -0.2) is 13.8 Å². The fraction of sp³-hybridized carbons (Fsp3) is 0.333. The van der Waals surface area contributed by atoms with Gasteiger partial charge in [-0.15, -0.1) is 11.6 Å². The van der Waals surface area contributed by atoms with Crippen LogP contribution in [0.25, 0.3) is 11.0 Å². The number of carbonyl (C=O) groups excluding carboxylic acids is 1. The number of amides is 1. The van der Waals surface area contributed by atoms with Crippen molar-refractivity contribution in [2.45, 2.75) is 18.3 Å². The van der Waals surface area contributed by atoms with E-state index >= 15 is 0 Å². The van der Waals surface area contributed by atoms with Crippen LogP contribution in [0, 0.1) is 11.6 Å². The average Bonchev–Trinajstić information content (AvgIpc) is 2.93. The Morgan fingerprint density at radius 2 is 2.16 bits per heavy atom. The predicted molar refractivity (Wildman–Crippen MR) is 65.9 cm³/mol. The number of hydrogen-bond acceptors (Lipinski definition) is 2. The number of rotatable bonds is 2. The Labute approximate surface area is 112 Å². The van der Waals surface area contributed by atoms with E-state index in [0.29, 0.717) is 23.4 Å². The number of nitrogens with zero attached hydrogens (tertiary/aromatic N) is 2. The molecule has 1 aromatic carbocycles. The molecular weight excluding hydrogens is 276 g/mol. The van der Waals surface area contributed by atoms with Crippen molar-refractivity contribution in [2.24, 2.45) is 0 Å². The van der Waals surface area contributed by atoms with Crippen LogP contribution in [0.5, 0.6) is 0 Å². The zero-order valence-electron chi connectivity index (χ0n) is 9.79. The average molecular weight is 286 g/mol. The molecule has 0 saturated carbocycles. The molecule has 1 amide bonds. The van der Waals surface area contributed by atoms with Crippen LogP contribution in [-0.4, -0.2) is 22.0 Å². The quantitative estimate of drug-likeness (QED) is 0.859. The Morgan fingerprint density at radius 1 is 1.42 bits per heavy atom. The largest absolute Gasteiger partial charge is 0.354 e. The van der Waals surface area contributed by atoms with E-state index in [1.54, 1.807) is 4.57 Å². The van der Waals surface area contributed by atoms with E-state index in [2.05, 4.69) is 10.3 Å². The zero-order valence-corrected chi connectivity index (χ0v) is 10.5. The lowest BCUT2D eigenvalue weighted by Gasteiger charge is -2.13. The standard InChI is InChI=1S/C12H10ClF2N3O/c13-4-11-17-9-2-7(14)8(15)3-10(9)18(11)6-1-12(19)16-5-6/h2-3,6H,1,4-5H2,(H,16,19). The van der Waals surface area contributed by atoms with Crippen LogP contribution >= 0.6 is 11.6 Å². The number of alkyl halides is 1.